The zero-order valence-corrected chi connectivity index (χ0v) is 14.1. The van der Waals surface area contributed by atoms with Crippen LogP contribution in [0.1, 0.15) is 11.1 Å². The molecule has 6 heteroatoms. The molecule has 2 aromatic rings. The number of aryl methyl sites for hydroxylation is 2. The van der Waals surface area contributed by atoms with Crippen molar-refractivity contribution in [3.8, 4) is 0 Å². The van der Waals surface area contributed by atoms with Crippen molar-refractivity contribution in [2.75, 3.05) is 12.3 Å². The highest BCUT2D eigenvalue weighted by Crippen LogP contribution is 2.20. The summed E-state index contributed by atoms with van der Waals surface area (Å²) < 4.78 is 39.6. The molecule has 0 aromatic heterocycles. The van der Waals surface area contributed by atoms with E-state index < -0.39 is 15.8 Å². The molecule has 0 saturated heterocycles. The van der Waals surface area contributed by atoms with Gasteiger partial charge in [-0.05, 0) is 55.3 Å². The highest BCUT2D eigenvalue weighted by molar-refractivity contribution is 7.99. The SMILES string of the molecule is Cc1ccc(SCCNS(=O)(=O)c2cccc(F)c2)cc1C. The number of thioether (sulfide) groups is 1. The van der Waals surface area contributed by atoms with Crippen LogP contribution in [0.2, 0.25) is 0 Å². The molecule has 0 bridgehead atoms. The molecule has 22 heavy (non-hydrogen) atoms. The van der Waals surface area contributed by atoms with Gasteiger partial charge in [0.2, 0.25) is 10.0 Å². The van der Waals surface area contributed by atoms with Crippen LogP contribution in [0.3, 0.4) is 0 Å². The molecule has 0 saturated carbocycles. The largest absolute Gasteiger partial charge is 0.240 e. The van der Waals surface area contributed by atoms with E-state index in [1.165, 1.54) is 29.3 Å². The van der Waals surface area contributed by atoms with E-state index in [1.807, 2.05) is 13.0 Å². The molecule has 2 aromatic carbocycles. The Labute approximate surface area is 135 Å². The van der Waals surface area contributed by atoms with Gasteiger partial charge in [0, 0.05) is 17.2 Å². The summed E-state index contributed by atoms with van der Waals surface area (Å²) in [4.78, 5) is 1.05. The molecule has 2 rings (SSSR count). The molecule has 0 radical (unpaired) electrons. The van der Waals surface area contributed by atoms with Gasteiger partial charge in [-0.2, -0.15) is 0 Å². The Balaban J connectivity index is 1.89. The number of benzene rings is 2. The van der Waals surface area contributed by atoms with Gasteiger partial charge < -0.3 is 0 Å². The first-order valence-electron chi connectivity index (χ1n) is 6.84. The maximum atomic E-state index is 13.1. The zero-order chi connectivity index (χ0) is 16.2. The van der Waals surface area contributed by atoms with Crippen LogP contribution in [0.25, 0.3) is 0 Å². The van der Waals surface area contributed by atoms with Crippen LogP contribution in [0.15, 0.2) is 52.3 Å². The van der Waals surface area contributed by atoms with E-state index in [9.17, 15) is 12.8 Å². The Morgan fingerprint density at radius 3 is 2.55 bits per heavy atom. The van der Waals surface area contributed by atoms with Crippen molar-refractivity contribution >= 4 is 21.8 Å². The Morgan fingerprint density at radius 1 is 1.09 bits per heavy atom. The fourth-order valence-electron chi connectivity index (χ4n) is 1.87. The molecule has 0 aliphatic carbocycles. The highest BCUT2D eigenvalue weighted by Gasteiger charge is 2.13. The van der Waals surface area contributed by atoms with Gasteiger partial charge in [0.05, 0.1) is 4.90 Å². The second-order valence-corrected chi connectivity index (χ2v) is 7.88. The molecular formula is C16H18FNO2S2. The Morgan fingerprint density at radius 2 is 1.86 bits per heavy atom. The van der Waals surface area contributed by atoms with Crippen molar-refractivity contribution < 1.29 is 12.8 Å². The highest BCUT2D eigenvalue weighted by atomic mass is 32.2. The third-order valence-electron chi connectivity index (χ3n) is 3.25. The minimum absolute atomic E-state index is 0.0521. The van der Waals surface area contributed by atoms with Crippen LogP contribution < -0.4 is 4.72 Å². The molecule has 0 fully saturated rings. The number of nitrogens with one attached hydrogen (secondary N) is 1. The summed E-state index contributed by atoms with van der Waals surface area (Å²) >= 11 is 1.58. The van der Waals surface area contributed by atoms with Crippen LogP contribution in [0.5, 0.6) is 0 Å². The van der Waals surface area contributed by atoms with Crippen molar-refractivity contribution in [3.05, 3.63) is 59.4 Å². The number of hydrogen-bond acceptors (Lipinski definition) is 3. The fourth-order valence-corrected chi connectivity index (χ4v) is 3.92. The van der Waals surface area contributed by atoms with Crippen molar-refractivity contribution in [2.24, 2.45) is 0 Å². The van der Waals surface area contributed by atoms with Gasteiger partial charge in [0.25, 0.3) is 0 Å². The molecule has 118 valence electrons. The first kappa shape index (κ1) is 17.0. The number of rotatable bonds is 6. The van der Waals surface area contributed by atoms with E-state index in [0.29, 0.717) is 5.75 Å². The van der Waals surface area contributed by atoms with Crippen LogP contribution in [-0.4, -0.2) is 20.7 Å². The van der Waals surface area contributed by atoms with Crippen molar-refractivity contribution in [2.45, 2.75) is 23.6 Å². The van der Waals surface area contributed by atoms with Crippen LogP contribution in [-0.2, 0) is 10.0 Å². The summed E-state index contributed by atoms with van der Waals surface area (Å²) in [6.07, 6.45) is 0. The second-order valence-electron chi connectivity index (χ2n) is 4.95. The minimum atomic E-state index is -3.66. The number of hydrogen-bond donors (Lipinski definition) is 1. The number of sulfonamides is 1. The summed E-state index contributed by atoms with van der Waals surface area (Å²) in [7, 11) is -3.66. The monoisotopic (exact) mass is 339 g/mol. The quantitative estimate of drug-likeness (QED) is 0.647. The maximum Gasteiger partial charge on any atom is 0.240 e. The zero-order valence-electron chi connectivity index (χ0n) is 12.5. The predicted molar refractivity (Wildman–Crippen MR) is 88.2 cm³/mol. The molecule has 3 nitrogen and oxygen atoms in total. The predicted octanol–water partition coefficient (Wildman–Crippen LogP) is 3.51. The minimum Gasteiger partial charge on any atom is -0.210 e. The van der Waals surface area contributed by atoms with E-state index in [-0.39, 0.29) is 11.4 Å². The summed E-state index contributed by atoms with van der Waals surface area (Å²) in [6, 6.07) is 11.1. The summed E-state index contributed by atoms with van der Waals surface area (Å²) in [6.45, 7) is 4.39. The van der Waals surface area contributed by atoms with Gasteiger partial charge in [-0.15, -0.1) is 11.8 Å². The summed E-state index contributed by atoms with van der Waals surface area (Å²) in [5, 5.41) is 0. The first-order chi connectivity index (χ1) is 10.4. The van der Waals surface area contributed by atoms with Crippen LogP contribution in [0, 0.1) is 19.7 Å². The molecule has 1 N–H and O–H groups in total. The average Bonchev–Trinajstić information content (AvgIpc) is 2.47. The van der Waals surface area contributed by atoms with Gasteiger partial charge in [0.15, 0.2) is 0 Å². The first-order valence-corrected chi connectivity index (χ1v) is 9.31. The molecule has 0 aliphatic rings. The topological polar surface area (TPSA) is 46.2 Å². The molecular weight excluding hydrogens is 321 g/mol. The second kappa shape index (κ2) is 7.26. The molecule has 0 atom stereocenters. The third-order valence-corrected chi connectivity index (χ3v) is 5.70. The standard InChI is InChI=1S/C16H18FNO2S2/c1-12-6-7-15(10-13(12)2)21-9-8-18-22(19,20)16-5-3-4-14(17)11-16/h3-7,10-11,18H,8-9H2,1-2H3. The lowest BCUT2D eigenvalue weighted by atomic mass is 10.1. The van der Waals surface area contributed by atoms with Crippen molar-refractivity contribution in [1.82, 2.24) is 4.72 Å². The van der Waals surface area contributed by atoms with E-state index in [1.54, 1.807) is 11.8 Å². The van der Waals surface area contributed by atoms with Gasteiger partial charge >= 0.3 is 0 Å². The Bertz CT molecular complexity index is 760. The van der Waals surface area contributed by atoms with E-state index in [0.717, 1.165) is 11.0 Å². The lowest BCUT2D eigenvalue weighted by molar-refractivity contribution is 0.580. The summed E-state index contributed by atoms with van der Waals surface area (Å²) in [5.74, 6) is 0.0456. The molecule has 0 spiro atoms. The molecule has 0 amide bonds. The lowest BCUT2D eigenvalue weighted by Gasteiger charge is -2.08. The van der Waals surface area contributed by atoms with Gasteiger partial charge in [-0.25, -0.2) is 17.5 Å². The Kier molecular flexibility index (Phi) is 5.61. The average molecular weight is 339 g/mol. The van der Waals surface area contributed by atoms with Crippen molar-refractivity contribution in [1.29, 1.82) is 0 Å². The van der Waals surface area contributed by atoms with Crippen LogP contribution in [0.4, 0.5) is 4.39 Å². The molecule has 0 heterocycles. The maximum absolute atomic E-state index is 13.1. The normalized spacial score (nSPS) is 11.6. The van der Waals surface area contributed by atoms with Crippen molar-refractivity contribution in [3.63, 3.8) is 0 Å². The van der Waals surface area contributed by atoms with Crippen LogP contribution >= 0.6 is 11.8 Å². The summed E-state index contributed by atoms with van der Waals surface area (Å²) in [5.41, 5.74) is 2.45. The van der Waals surface area contributed by atoms with Gasteiger partial charge in [-0.1, -0.05) is 12.1 Å². The third kappa shape index (κ3) is 4.56. The lowest BCUT2D eigenvalue weighted by Crippen LogP contribution is -2.26. The van der Waals surface area contributed by atoms with E-state index in [4.69, 9.17) is 0 Å². The van der Waals surface area contributed by atoms with Gasteiger partial charge in [-0.3, -0.25) is 0 Å². The molecule has 0 unspecified atom stereocenters. The van der Waals surface area contributed by atoms with E-state index >= 15 is 0 Å². The number of halogens is 1. The van der Waals surface area contributed by atoms with Gasteiger partial charge in [0.1, 0.15) is 5.82 Å². The fraction of sp³-hybridized carbons (Fsp3) is 0.250. The van der Waals surface area contributed by atoms with E-state index in [2.05, 4.69) is 23.8 Å². The Hall–Kier alpha value is -1.37. The molecule has 0 aliphatic heterocycles. The smallest absolute Gasteiger partial charge is 0.210 e.